The van der Waals surface area contributed by atoms with Gasteiger partial charge in [0.1, 0.15) is 5.69 Å². The van der Waals surface area contributed by atoms with Crippen molar-refractivity contribution >= 4 is 17.5 Å². The van der Waals surface area contributed by atoms with Gasteiger partial charge in [-0.15, -0.1) is 0 Å². The molecule has 2 amide bonds. The molecule has 1 saturated heterocycles. The number of hydrogen-bond acceptors (Lipinski definition) is 3. The molecule has 1 unspecified atom stereocenters. The van der Waals surface area contributed by atoms with Crippen LogP contribution in [0.3, 0.4) is 0 Å². The van der Waals surface area contributed by atoms with Crippen LogP contribution in [0, 0.1) is 12.8 Å². The number of carbonyl (C=O) groups is 2. The second-order valence-electron chi connectivity index (χ2n) is 8.16. The lowest BCUT2D eigenvalue weighted by atomic mass is 9.99. The third-order valence-corrected chi connectivity index (χ3v) is 5.78. The van der Waals surface area contributed by atoms with Crippen molar-refractivity contribution in [3.8, 4) is 0 Å². The Morgan fingerprint density at radius 1 is 1.11 bits per heavy atom. The topological polar surface area (TPSA) is 67.2 Å². The minimum Gasteiger partial charge on any atom is -0.337 e. The largest absolute Gasteiger partial charge is 0.337 e. The summed E-state index contributed by atoms with van der Waals surface area (Å²) in [4.78, 5) is 32.6. The number of imidazole rings is 1. The molecule has 1 aromatic heterocycles. The first-order valence-corrected chi connectivity index (χ1v) is 10.3. The van der Waals surface area contributed by atoms with Crippen molar-refractivity contribution in [2.24, 2.45) is 5.92 Å². The first-order valence-electron chi connectivity index (χ1n) is 10.3. The van der Waals surface area contributed by atoms with E-state index in [1.54, 1.807) is 0 Å². The molecular formula is C22H28N4O2. The number of piperidine rings is 1. The summed E-state index contributed by atoms with van der Waals surface area (Å²) in [6, 6.07) is 7.69. The molecular weight excluding hydrogens is 352 g/mol. The molecule has 0 saturated carbocycles. The number of fused-ring (bicyclic) bond motifs is 1. The van der Waals surface area contributed by atoms with E-state index in [0.717, 1.165) is 68.7 Å². The standard InChI is InChI=1S/C22H28N4O2/c1-15-8-10-17(11-9-15)23-21(27)20-24-19(18-7-3-4-13-26(18)20)22(28)25-12-5-6-16(2)14-25/h8-11,16H,3-7,12-14H2,1-2H3,(H,23,27). The van der Waals surface area contributed by atoms with E-state index in [4.69, 9.17) is 0 Å². The Bertz CT molecular complexity index is 885. The maximum absolute atomic E-state index is 13.2. The average molecular weight is 380 g/mol. The zero-order valence-corrected chi connectivity index (χ0v) is 16.7. The highest BCUT2D eigenvalue weighted by molar-refractivity contribution is 6.03. The summed E-state index contributed by atoms with van der Waals surface area (Å²) in [6.45, 7) is 6.48. The lowest BCUT2D eigenvalue weighted by Crippen LogP contribution is -2.39. The van der Waals surface area contributed by atoms with Gasteiger partial charge < -0.3 is 14.8 Å². The lowest BCUT2D eigenvalue weighted by molar-refractivity contribution is 0.0676. The summed E-state index contributed by atoms with van der Waals surface area (Å²) < 4.78 is 1.95. The molecule has 148 valence electrons. The fourth-order valence-corrected chi connectivity index (χ4v) is 4.24. The van der Waals surface area contributed by atoms with E-state index in [0.29, 0.717) is 17.4 Å². The highest BCUT2D eigenvalue weighted by Crippen LogP contribution is 2.25. The number of likely N-dealkylation sites (tertiary alicyclic amines) is 1. The van der Waals surface area contributed by atoms with Gasteiger partial charge in [0, 0.05) is 25.3 Å². The SMILES string of the molecule is Cc1ccc(NC(=O)c2nc(C(=O)N3CCCC(C)C3)c3n2CCCC3)cc1. The van der Waals surface area contributed by atoms with Crippen LogP contribution < -0.4 is 5.32 Å². The number of benzene rings is 1. The summed E-state index contributed by atoms with van der Waals surface area (Å²) in [7, 11) is 0. The van der Waals surface area contributed by atoms with Crippen molar-refractivity contribution in [3.05, 3.63) is 47.0 Å². The smallest absolute Gasteiger partial charge is 0.291 e. The number of amides is 2. The monoisotopic (exact) mass is 380 g/mol. The van der Waals surface area contributed by atoms with Gasteiger partial charge in [0.15, 0.2) is 5.82 Å². The Balaban J connectivity index is 1.62. The predicted octanol–water partition coefficient (Wildman–Crippen LogP) is 3.65. The van der Waals surface area contributed by atoms with Gasteiger partial charge in [-0.3, -0.25) is 9.59 Å². The van der Waals surface area contributed by atoms with Crippen molar-refractivity contribution < 1.29 is 9.59 Å². The molecule has 6 heteroatoms. The normalized spacial score (nSPS) is 19.2. The van der Waals surface area contributed by atoms with E-state index in [9.17, 15) is 9.59 Å². The molecule has 28 heavy (non-hydrogen) atoms. The van der Waals surface area contributed by atoms with Crippen LogP contribution in [0.4, 0.5) is 5.69 Å². The number of anilines is 1. The maximum atomic E-state index is 13.2. The van der Waals surface area contributed by atoms with Gasteiger partial charge in [0.25, 0.3) is 11.8 Å². The molecule has 1 fully saturated rings. The highest BCUT2D eigenvalue weighted by Gasteiger charge is 2.31. The Labute approximate surface area is 165 Å². The Morgan fingerprint density at radius 2 is 1.89 bits per heavy atom. The van der Waals surface area contributed by atoms with E-state index in [2.05, 4.69) is 17.2 Å². The molecule has 0 spiro atoms. The van der Waals surface area contributed by atoms with Crippen LogP contribution in [0.1, 0.15) is 65.0 Å². The van der Waals surface area contributed by atoms with Crippen molar-refractivity contribution in [3.63, 3.8) is 0 Å². The van der Waals surface area contributed by atoms with E-state index < -0.39 is 0 Å². The molecule has 3 heterocycles. The second-order valence-corrected chi connectivity index (χ2v) is 8.16. The van der Waals surface area contributed by atoms with Crippen LogP contribution in [0.5, 0.6) is 0 Å². The highest BCUT2D eigenvalue weighted by atomic mass is 16.2. The van der Waals surface area contributed by atoms with Crippen molar-refractivity contribution in [2.45, 2.75) is 52.5 Å². The molecule has 1 atom stereocenters. The minimum atomic E-state index is -0.252. The molecule has 0 aliphatic carbocycles. The molecule has 0 bridgehead atoms. The van der Waals surface area contributed by atoms with Crippen LogP contribution in [0.15, 0.2) is 24.3 Å². The number of aromatic nitrogens is 2. The van der Waals surface area contributed by atoms with Gasteiger partial charge >= 0.3 is 0 Å². The number of rotatable bonds is 3. The van der Waals surface area contributed by atoms with Gasteiger partial charge in [-0.1, -0.05) is 24.6 Å². The summed E-state index contributed by atoms with van der Waals surface area (Å²) >= 11 is 0. The first-order chi connectivity index (χ1) is 13.5. The summed E-state index contributed by atoms with van der Waals surface area (Å²) in [6.07, 6.45) is 5.03. The zero-order chi connectivity index (χ0) is 19.7. The zero-order valence-electron chi connectivity index (χ0n) is 16.7. The van der Waals surface area contributed by atoms with Gasteiger partial charge in [0.05, 0.1) is 5.69 Å². The number of carbonyl (C=O) groups excluding carboxylic acids is 2. The summed E-state index contributed by atoms with van der Waals surface area (Å²) in [5.41, 5.74) is 3.27. The molecule has 4 rings (SSSR count). The van der Waals surface area contributed by atoms with Crippen molar-refractivity contribution in [2.75, 3.05) is 18.4 Å². The molecule has 1 N–H and O–H groups in total. The first kappa shape index (κ1) is 18.7. The van der Waals surface area contributed by atoms with Crippen LogP contribution >= 0.6 is 0 Å². The van der Waals surface area contributed by atoms with E-state index in [1.807, 2.05) is 40.7 Å². The Hall–Kier alpha value is -2.63. The van der Waals surface area contributed by atoms with Crippen LogP contribution in [0.25, 0.3) is 0 Å². The number of aryl methyl sites for hydroxylation is 1. The Morgan fingerprint density at radius 3 is 2.64 bits per heavy atom. The number of hydrogen-bond donors (Lipinski definition) is 1. The Kier molecular flexibility index (Phi) is 5.20. The summed E-state index contributed by atoms with van der Waals surface area (Å²) in [5, 5.41) is 2.93. The fourth-order valence-electron chi connectivity index (χ4n) is 4.24. The molecule has 1 aromatic carbocycles. The maximum Gasteiger partial charge on any atom is 0.291 e. The minimum absolute atomic E-state index is 0.0217. The molecule has 2 aliphatic rings. The van der Waals surface area contributed by atoms with Gasteiger partial charge in [-0.25, -0.2) is 4.98 Å². The van der Waals surface area contributed by atoms with Crippen molar-refractivity contribution in [1.29, 1.82) is 0 Å². The second kappa shape index (κ2) is 7.78. The van der Waals surface area contributed by atoms with Crippen LogP contribution in [-0.4, -0.2) is 39.4 Å². The molecule has 2 aromatic rings. The average Bonchev–Trinajstić information content (AvgIpc) is 3.09. The van der Waals surface area contributed by atoms with E-state index >= 15 is 0 Å². The van der Waals surface area contributed by atoms with Crippen molar-refractivity contribution in [1.82, 2.24) is 14.5 Å². The molecule has 6 nitrogen and oxygen atoms in total. The predicted molar refractivity (Wildman–Crippen MR) is 109 cm³/mol. The lowest BCUT2D eigenvalue weighted by Gasteiger charge is -2.30. The van der Waals surface area contributed by atoms with Gasteiger partial charge in [-0.05, 0) is 57.1 Å². The molecule has 0 radical (unpaired) electrons. The quantitative estimate of drug-likeness (QED) is 0.884. The van der Waals surface area contributed by atoms with Crippen LogP contribution in [0.2, 0.25) is 0 Å². The van der Waals surface area contributed by atoms with Crippen LogP contribution in [-0.2, 0) is 13.0 Å². The third kappa shape index (κ3) is 3.68. The van der Waals surface area contributed by atoms with Gasteiger partial charge in [-0.2, -0.15) is 0 Å². The number of nitrogens with zero attached hydrogens (tertiary/aromatic N) is 3. The van der Waals surface area contributed by atoms with E-state index in [-0.39, 0.29) is 11.8 Å². The molecule has 2 aliphatic heterocycles. The van der Waals surface area contributed by atoms with Gasteiger partial charge in [0.2, 0.25) is 0 Å². The van der Waals surface area contributed by atoms with E-state index in [1.165, 1.54) is 0 Å². The summed E-state index contributed by atoms with van der Waals surface area (Å²) in [5.74, 6) is 0.591. The third-order valence-electron chi connectivity index (χ3n) is 5.78. The number of nitrogens with one attached hydrogen (secondary N) is 1. The fraction of sp³-hybridized carbons (Fsp3) is 0.500.